The van der Waals surface area contributed by atoms with Gasteiger partial charge in [-0.15, -0.1) is 22.7 Å². The van der Waals surface area contributed by atoms with Gasteiger partial charge < -0.3 is 10.1 Å². The molecule has 7 nitrogen and oxygen atoms in total. The molecule has 31 heavy (non-hydrogen) atoms. The molecular weight excluding hydrogens is 430 g/mol. The van der Waals surface area contributed by atoms with Crippen LogP contribution in [0.3, 0.4) is 0 Å². The molecule has 0 saturated heterocycles. The van der Waals surface area contributed by atoms with Gasteiger partial charge in [0.25, 0.3) is 0 Å². The van der Waals surface area contributed by atoms with Crippen molar-refractivity contribution in [2.75, 3.05) is 5.32 Å². The van der Waals surface area contributed by atoms with Crippen LogP contribution in [0.25, 0.3) is 21.3 Å². The highest BCUT2D eigenvalue weighted by molar-refractivity contribution is 7.18. The lowest BCUT2D eigenvalue weighted by Crippen LogP contribution is -2.20. The number of carbonyl (C=O) groups is 1. The molecule has 0 spiro atoms. The molecule has 156 valence electrons. The maximum absolute atomic E-state index is 12.0. The number of carbonyl (C=O) groups excluding carboxylic acids is 1. The van der Waals surface area contributed by atoms with Crippen LogP contribution in [0.1, 0.15) is 16.3 Å². The second-order valence-electron chi connectivity index (χ2n) is 6.78. The predicted molar refractivity (Wildman–Crippen MR) is 125 cm³/mol. The standard InChI is InChI=1S/C22H19N5O2S2/c1-13-12-25-22(30-13)27-20(28)10-18(23)29-19(24)11-21-26-16-8-7-15(9-17(16)31-21)14-5-3-2-4-6-14/h2-9,12,23-24H,10-11H2,1H3,(H,25,27,28). The van der Waals surface area contributed by atoms with E-state index in [1.807, 2.05) is 37.3 Å². The summed E-state index contributed by atoms with van der Waals surface area (Å²) >= 11 is 2.85. The van der Waals surface area contributed by atoms with E-state index in [0.717, 1.165) is 31.2 Å². The number of ether oxygens (including phenoxy) is 1. The third kappa shape index (κ3) is 5.39. The molecule has 4 rings (SSSR count). The van der Waals surface area contributed by atoms with Gasteiger partial charge in [-0.25, -0.2) is 9.97 Å². The lowest BCUT2D eigenvalue weighted by Gasteiger charge is -2.06. The zero-order chi connectivity index (χ0) is 21.8. The Morgan fingerprint density at radius 1 is 1.06 bits per heavy atom. The van der Waals surface area contributed by atoms with Crippen LogP contribution < -0.4 is 5.32 Å². The summed E-state index contributed by atoms with van der Waals surface area (Å²) in [5.41, 5.74) is 3.11. The van der Waals surface area contributed by atoms with Crippen molar-refractivity contribution in [2.45, 2.75) is 19.8 Å². The van der Waals surface area contributed by atoms with Gasteiger partial charge in [-0.1, -0.05) is 36.4 Å². The van der Waals surface area contributed by atoms with Gasteiger partial charge in [0.05, 0.1) is 16.6 Å². The number of anilines is 1. The molecule has 3 N–H and O–H groups in total. The number of aryl methyl sites for hydroxylation is 1. The molecule has 2 aromatic carbocycles. The van der Waals surface area contributed by atoms with Crippen LogP contribution in [0.4, 0.5) is 5.13 Å². The topological polar surface area (TPSA) is 112 Å². The molecule has 0 atom stereocenters. The smallest absolute Gasteiger partial charge is 0.235 e. The number of benzene rings is 2. The van der Waals surface area contributed by atoms with Crippen molar-refractivity contribution < 1.29 is 9.53 Å². The summed E-state index contributed by atoms with van der Waals surface area (Å²) < 4.78 is 6.24. The van der Waals surface area contributed by atoms with Crippen LogP contribution in [0.2, 0.25) is 0 Å². The van der Waals surface area contributed by atoms with E-state index in [9.17, 15) is 4.79 Å². The molecule has 0 aliphatic carbocycles. The van der Waals surface area contributed by atoms with E-state index in [0.29, 0.717) is 5.13 Å². The zero-order valence-electron chi connectivity index (χ0n) is 16.6. The Balaban J connectivity index is 1.34. The molecule has 2 aromatic heterocycles. The molecule has 0 fully saturated rings. The van der Waals surface area contributed by atoms with Crippen molar-refractivity contribution >= 4 is 55.7 Å². The van der Waals surface area contributed by atoms with Crippen molar-refractivity contribution in [3.8, 4) is 11.1 Å². The summed E-state index contributed by atoms with van der Waals surface area (Å²) in [6.07, 6.45) is 1.57. The second kappa shape index (κ2) is 9.15. The molecule has 0 unspecified atom stereocenters. The molecule has 0 bridgehead atoms. The Hall–Kier alpha value is -3.43. The van der Waals surface area contributed by atoms with Crippen molar-refractivity contribution in [1.82, 2.24) is 9.97 Å². The first-order chi connectivity index (χ1) is 15.0. The maximum Gasteiger partial charge on any atom is 0.235 e. The normalized spacial score (nSPS) is 10.7. The van der Waals surface area contributed by atoms with Crippen LogP contribution >= 0.6 is 22.7 Å². The number of aromatic nitrogens is 2. The summed E-state index contributed by atoms with van der Waals surface area (Å²) in [7, 11) is 0. The van der Waals surface area contributed by atoms with Crippen LogP contribution in [0.5, 0.6) is 0 Å². The van der Waals surface area contributed by atoms with Crippen LogP contribution in [0.15, 0.2) is 54.7 Å². The van der Waals surface area contributed by atoms with Gasteiger partial charge in [0, 0.05) is 11.1 Å². The van der Waals surface area contributed by atoms with E-state index >= 15 is 0 Å². The number of hydrogen-bond acceptors (Lipinski definition) is 8. The number of amides is 1. The monoisotopic (exact) mass is 449 g/mol. The van der Waals surface area contributed by atoms with Gasteiger partial charge in [-0.2, -0.15) is 0 Å². The molecule has 0 aliphatic heterocycles. The number of nitrogens with zero attached hydrogens (tertiary/aromatic N) is 2. The fourth-order valence-electron chi connectivity index (χ4n) is 2.94. The molecule has 0 saturated carbocycles. The highest BCUT2D eigenvalue weighted by atomic mass is 32.1. The summed E-state index contributed by atoms with van der Waals surface area (Å²) in [5.74, 6) is -0.811. The number of nitrogens with one attached hydrogen (secondary N) is 3. The Bertz CT molecular complexity index is 1260. The fourth-order valence-corrected chi connectivity index (χ4v) is 4.62. The first-order valence-corrected chi connectivity index (χ1v) is 11.1. The summed E-state index contributed by atoms with van der Waals surface area (Å²) in [5, 5.41) is 19.7. The van der Waals surface area contributed by atoms with Crippen molar-refractivity contribution in [2.24, 2.45) is 0 Å². The van der Waals surface area contributed by atoms with Crippen LogP contribution in [-0.2, 0) is 16.0 Å². The molecule has 1 amide bonds. The minimum Gasteiger partial charge on any atom is -0.429 e. The fraction of sp³-hybridized carbons (Fsp3) is 0.136. The Morgan fingerprint density at radius 3 is 2.61 bits per heavy atom. The van der Waals surface area contributed by atoms with E-state index < -0.39 is 5.91 Å². The van der Waals surface area contributed by atoms with E-state index in [1.165, 1.54) is 22.7 Å². The third-order valence-corrected chi connectivity index (χ3v) is 6.13. The predicted octanol–water partition coefficient (Wildman–Crippen LogP) is 5.27. The molecule has 4 aromatic rings. The van der Waals surface area contributed by atoms with Gasteiger partial charge in [-0.3, -0.25) is 15.6 Å². The van der Waals surface area contributed by atoms with Crippen LogP contribution in [0, 0.1) is 17.7 Å². The highest BCUT2D eigenvalue weighted by Gasteiger charge is 2.14. The number of rotatable bonds is 6. The summed E-state index contributed by atoms with van der Waals surface area (Å²) in [6, 6.07) is 16.2. The SMILES string of the molecule is Cc1cnc(NC(=O)CC(=N)OC(=N)Cc2nc3ccc(-c4ccccc4)cc3s2)s1. The van der Waals surface area contributed by atoms with E-state index in [2.05, 4.69) is 33.5 Å². The second-order valence-corrected chi connectivity index (χ2v) is 9.13. The van der Waals surface area contributed by atoms with E-state index in [1.54, 1.807) is 6.20 Å². The van der Waals surface area contributed by atoms with Crippen molar-refractivity contribution in [1.29, 1.82) is 10.8 Å². The van der Waals surface area contributed by atoms with E-state index in [-0.39, 0.29) is 24.6 Å². The Morgan fingerprint density at radius 2 is 1.87 bits per heavy atom. The largest absolute Gasteiger partial charge is 0.429 e. The molecule has 0 radical (unpaired) electrons. The molecule has 2 heterocycles. The van der Waals surface area contributed by atoms with Gasteiger partial charge in [0.1, 0.15) is 11.4 Å². The Kier molecular flexibility index (Phi) is 6.15. The van der Waals surface area contributed by atoms with E-state index in [4.69, 9.17) is 15.6 Å². The number of fused-ring (bicyclic) bond motifs is 1. The van der Waals surface area contributed by atoms with Crippen LogP contribution in [-0.4, -0.2) is 27.7 Å². The van der Waals surface area contributed by atoms with Gasteiger partial charge in [-0.05, 0) is 30.2 Å². The highest BCUT2D eigenvalue weighted by Crippen LogP contribution is 2.28. The number of thiazole rings is 2. The van der Waals surface area contributed by atoms with Gasteiger partial charge in [0.15, 0.2) is 16.9 Å². The number of hydrogen-bond donors (Lipinski definition) is 3. The zero-order valence-corrected chi connectivity index (χ0v) is 18.3. The lowest BCUT2D eigenvalue weighted by molar-refractivity contribution is -0.115. The summed E-state index contributed by atoms with van der Waals surface area (Å²) in [4.78, 5) is 21.6. The lowest BCUT2D eigenvalue weighted by atomic mass is 10.1. The van der Waals surface area contributed by atoms with Gasteiger partial charge in [0.2, 0.25) is 5.91 Å². The van der Waals surface area contributed by atoms with Crippen molar-refractivity contribution in [3.63, 3.8) is 0 Å². The molecule has 9 heteroatoms. The minimum atomic E-state index is -0.402. The molecule has 0 aliphatic rings. The van der Waals surface area contributed by atoms with Crippen molar-refractivity contribution in [3.05, 3.63) is 64.6 Å². The Labute approximate surface area is 186 Å². The molecular formula is C22H19N5O2S2. The average Bonchev–Trinajstić information content (AvgIpc) is 3.32. The first-order valence-electron chi connectivity index (χ1n) is 9.46. The average molecular weight is 450 g/mol. The first kappa shape index (κ1) is 20.8. The summed E-state index contributed by atoms with van der Waals surface area (Å²) in [6.45, 7) is 1.89. The van der Waals surface area contributed by atoms with Gasteiger partial charge >= 0.3 is 0 Å². The minimum absolute atomic E-state index is 0.120. The quantitative estimate of drug-likeness (QED) is 0.275. The maximum atomic E-state index is 12.0. The third-order valence-electron chi connectivity index (χ3n) is 4.29.